The Labute approximate surface area is 206 Å². The fraction of sp³-hybridized carbons (Fsp3) is 0.481. The monoisotopic (exact) mass is 482 g/mol. The summed E-state index contributed by atoms with van der Waals surface area (Å²) in [6.45, 7) is 11.9. The molecule has 1 atom stereocenters. The zero-order valence-electron chi connectivity index (χ0n) is 20.6. The van der Waals surface area contributed by atoms with Gasteiger partial charge in [-0.2, -0.15) is 0 Å². The smallest absolute Gasteiger partial charge is 0.254 e. The van der Waals surface area contributed by atoms with Gasteiger partial charge in [0.2, 0.25) is 0 Å². The van der Waals surface area contributed by atoms with Crippen LogP contribution in [0.1, 0.15) is 66.5 Å². The quantitative estimate of drug-likeness (QED) is 0.485. The minimum Gasteiger partial charge on any atom is -0.348 e. The summed E-state index contributed by atoms with van der Waals surface area (Å²) in [5.41, 5.74) is 3.51. The number of pyridine rings is 1. The van der Waals surface area contributed by atoms with Crippen LogP contribution >= 0.6 is 11.6 Å². The number of nitrogens with one attached hydrogen (secondary N) is 2. The number of fused-ring (bicyclic) bond motifs is 1. The summed E-state index contributed by atoms with van der Waals surface area (Å²) >= 11 is 6.27. The van der Waals surface area contributed by atoms with Crippen molar-refractivity contribution in [1.29, 1.82) is 0 Å². The molecule has 1 saturated heterocycles. The number of aromatic nitrogens is 2. The lowest BCUT2D eigenvalue weighted by Crippen LogP contribution is -2.36. The second-order valence-corrected chi connectivity index (χ2v) is 9.97. The van der Waals surface area contributed by atoms with Crippen LogP contribution < -0.4 is 10.9 Å². The fourth-order valence-corrected chi connectivity index (χ4v) is 5.80. The number of nitrogens with zero attached hydrogens (tertiary/aromatic N) is 2. The van der Waals surface area contributed by atoms with Crippen LogP contribution in [0.4, 0.5) is 0 Å². The molecule has 0 radical (unpaired) electrons. The first-order valence-electron chi connectivity index (χ1n) is 12.3. The number of aromatic amines is 1. The van der Waals surface area contributed by atoms with Crippen LogP contribution in [0.15, 0.2) is 35.1 Å². The molecular weight excluding hydrogens is 448 g/mol. The van der Waals surface area contributed by atoms with Crippen molar-refractivity contribution in [2.45, 2.75) is 59.5 Å². The van der Waals surface area contributed by atoms with Gasteiger partial charge < -0.3 is 19.8 Å². The van der Waals surface area contributed by atoms with Gasteiger partial charge in [0, 0.05) is 28.3 Å². The number of amides is 1. The maximum Gasteiger partial charge on any atom is 0.254 e. The minimum atomic E-state index is -0.271. The van der Waals surface area contributed by atoms with Crippen molar-refractivity contribution in [2.24, 2.45) is 5.92 Å². The van der Waals surface area contributed by atoms with Gasteiger partial charge in [-0.3, -0.25) is 9.59 Å². The van der Waals surface area contributed by atoms with E-state index >= 15 is 0 Å². The average molecular weight is 483 g/mol. The maximum atomic E-state index is 13.4. The highest BCUT2D eigenvalue weighted by atomic mass is 35.5. The van der Waals surface area contributed by atoms with E-state index < -0.39 is 0 Å². The molecule has 0 saturated carbocycles. The molecule has 3 heterocycles. The molecule has 4 rings (SSSR count). The third-order valence-electron chi connectivity index (χ3n) is 7.29. The number of aryl methyl sites for hydroxylation is 1. The highest BCUT2D eigenvalue weighted by Gasteiger charge is 2.29. The van der Waals surface area contributed by atoms with E-state index in [1.54, 1.807) is 13.0 Å². The summed E-state index contributed by atoms with van der Waals surface area (Å²) in [6, 6.07) is 10.1. The molecule has 1 aromatic carbocycles. The number of rotatable bonds is 7. The number of benzene rings is 1. The molecular formula is C27H35ClN4O2. The number of carbonyl (C=O) groups is 1. The predicted molar refractivity (Wildman–Crippen MR) is 139 cm³/mol. The number of carbonyl (C=O) groups excluding carboxylic acids is 1. The lowest BCUT2D eigenvalue weighted by atomic mass is 9.90. The predicted octanol–water partition coefficient (Wildman–Crippen LogP) is 5.21. The summed E-state index contributed by atoms with van der Waals surface area (Å²) in [6.07, 6.45) is 3.53. The zero-order chi connectivity index (χ0) is 24.4. The molecule has 3 aromatic rings. The van der Waals surface area contributed by atoms with Crippen LogP contribution in [0.2, 0.25) is 5.02 Å². The summed E-state index contributed by atoms with van der Waals surface area (Å²) in [7, 11) is 0. The number of halogens is 1. The lowest BCUT2D eigenvalue weighted by Gasteiger charge is -2.36. The Morgan fingerprint density at radius 3 is 2.62 bits per heavy atom. The van der Waals surface area contributed by atoms with Crippen molar-refractivity contribution < 1.29 is 4.79 Å². The van der Waals surface area contributed by atoms with Gasteiger partial charge in [-0.05, 0) is 77.7 Å². The van der Waals surface area contributed by atoms with E-state index in [1.165, 1.54) is 25.8 Å². The van der Waals surface area contributed by atoms with Crippen LogP contribution in [0, 0.1) is 19.8 Å². The summed E-state index contributed by atoms with van der Waals surface area (Å²) in [5.74, 6) is 0.386. The third kappa shape index (κ3) is 4.80. The Morgan fingerprint density at radius 2 is 1.94 bits per heavy atom. The van der Waals surface area contributed by atoms with E-state index in [2.05, 4.69) is 39.7 Å². The van der Waals surface area contributed by atoms with E-state index in [4.69, 9.17) is 11.6 Å². The van der Waals surface area contributed by atoms with E-state index in [-0.39, 0.29) is 18.0 Å². The molecule has 34 heavy (non-hydrogen) atoms. The number of piperidine rings is 1. The highest BCUT2D eigenvalue weighted by Crippen LogP contribution is 2.35. The van der Waals surface area contributed by atoms with Crippen LogP contribution in [0.3, 0.4) is 0 Å². The number of hydrogen-bond acceptors (Lipinski definition) is 3. The minimum absolute atomic E-state index is 0.0810. The molecule has 2 aromatic heterocycles. The molecule has 7 heteroatoms. The molecule has 1 aliphatic rings. The number of likely N-dealkylation sites (tertiary alicyclic amines) is 1. The molecule has 1 amide bonds. The van der Waals surface area contributed by atoms with Gasteiger partial charge in [-0.15, -0.1) is 0 Å². The molecule has 0 bridgehead atoms. The topological polar surface area (TPSA) is 70.1 Å². The van der Waals surface area contributed by atoms with Crippen LogP contribution in [0.5, 0.6) is 0 Å². The molecule has 2 N–H and O–H groups in total. The largest absolute Gasteiger partial charge is 0.348 e. The molecule has 1 unspecified atom stereocenters. The van der Waals surface area contributed by atoms with Crippen LogP contribution in [-0.2, 0) is 6.54 Å². The van der Waals surface area contributed by atoms with Crippen LogP contribution in [0.25, 0.3) is 10.9 Å². The van der Waals surface area contributed by atoms with E-state index in [9.17, 15) is 9.59 Å². The standard InChI is InChI=1S/C27H35ClN4O2/c1-5-12-31-13-10-20(11-14-31)18(3)32-19(4)25(21-8-6-7-9-24(21)32)27(34)29-16-22-23(28)15-17(2)30-26(22)33/h6-9,15,18,20H,5,10-14,16H2,1-4H3,(H,29,34)(H,30,33). The molecule has 0 spiro atoms. The second kappa shape index (κ2) is 10.4. The summed E-state index contributed by atoms with van der Waals surface area (Å²) in [4.78, 5) is 31.0. The third-order valence-corrected chi connectivity index (χ3v) is 7.62. The maximum absolute atomic E-state index is 13.4. The molecule has 1 fully saturated rings. The zero-order valence-corrected chi connectivity index (χ0v) is 21.3. The van der Waals surface area contributed by atoms with Gasteiger partial charge in [0.15, 0.2) is 0 Å². The Morgan fingerprint density at radius 1 is 1.24 bits per heavy atom. The van der Waals surface area contributed by atoms with Gasteiger partial charge >= 0.3 is 0 Å². The van der Waals surface area contributed by atoms with E-state index in [0.29, 0.717) is 33.8 Å². The number of H-pyrrole nitrogens is 1. The molecule has 182 valence electrons. The molecule has 0 aliphatic carbocycles. The van der Waals surface area contributed by atoms with E-state index in [1.807, 2.05) is 25.1 Å². The van der Waals surface area contributed by atoms with Crippen molar-refractivity contribution >= 4 is 28.4 Å². The highest BCUT2D eigenvalue weighted by molar-refractivity contribution is 6.31. The molecule has 6 nitrogen and oxygen atoms in total. The summed E-state index contributed by atoms with van der Waals surface area (Å²) in [5, 5.41) is 4.24. The SMILES string of the molecule is CCCN1CCC(C(C)n2c(C)c(C(=O)NCc3c(Cl)cc(C)[nH]c3=O)c3ccccc32)CC1. The Balaban J connectivity index is 1.60. The Bertz CT molecular complexity index is 1240. The van der Waals surface area contributed by atoms with Crippen molar-refractivity contribution in [3.05, 3.63) is 68.2 Å². The normalized spacial score (nSPS) is 16.1. The molecule has 1 aliphatic heterocycles. The van der Waals surface area contributed by atoms with Crippen molar-refractivity contribution in [1.82, 2.24) is 19.8 Å². The van der Waals surface area contributed by atoms with Gasteiger partial charge in [-0.1, -0.05) is 36.7 Å². The first kappa shape index (κ1) is 24.6. The fourth-order valence-electron chi connectivity index (χ4n) is 5.49. The Kier molecular flexibility index (Phi) is 7.48. The lowest BCUT2D eigenvalue weighted by molar-refractivity contribution is 0.0951. The average Bonchev–Trinajstić information content (AvgIpc) is 3.10. The van der Waals surface area contributed by atoms with Gasteiger partial charge in [0.05, 0.1) is 22.7 Å². The number of para-hydroxylation sites is 1. The van der Waals surface area contributed by atoms with Gasteiger partial charge in [-0.25, -0.2) is 0 Å². The summed E-state index contributed by atoms with van der Waals surface area (Å²) < 4.78 is 2.34. The van der Waals surface area contributed by atoms with Crippen molar-refractivity contribution in [2.75, 3.05) is 19.6 Å². The van der Waals surface area contributed by atoms with Gasteiger partial charge in [0.1, 0.15) is 0 Å². The van der Waals surface area contributed by atoms with Crippen molar-refractivity contribution in [3.8, 4) is 0 Å². The van der Waals surface area contributed by atoms with E-state index in [0.717, 1.165) is 29.7 Å². The van der Waals surface area contributed by atoms with Crippen LogP contribution in [-0.4, -0.2) is 40.0 Å². The first-order valence-corrected chi connectivity index (χ1v) is 12.7. The second-order valence-electron chi connectivity index (χ2n) is 9.56. The first-order chi connectivity index (χ1) is 16.3. The van der Waals surface area contributed by atoms with Gasteiger partial charge in [0.25, 0.3) is 11.5 Å². The Hall–Kier alpha value is -2.57. The number of hydrogen-bond donors (Lipinski definition) is 2. The van der Waals surface area contributed by atoms with Crippen molar-refractivity contribution in [3.63, 3.8) is 0 Å².